The Bertz CT molecular complexity index is 903. The van der Waals surface area contributed by atoms with Crippen LogP contribution in [0.1, 0.15) is 32.2 Å². The Morgan fingerprint density at radius 1 is 1.44 bits per heavy atom. The molecule has 2 aromatic rings. The number of imidazole rings is 1. The molecule has 10 nitrogen and oxygen atoms in total. The number of amides is 1. The van der Waals surface area contributed by atoms with Gasteiger partial charge in [0, 0.05) is 26.8 Å². The number of fused-ring (bicyclic) bond motifs is 3. The van der Waals surface area contributed by atoms with E-state index in [0.717, 1.165) is 0 Å². The van der Waals surface area contributed by atoms with E-state index < -0.39 is 22.9 Å². The van der Waals surface area contributed by atoms with E-state index >= 15 is 0 Å². The molecule has 1 aliphatic heterocycles. The van der Waals surface area contributed by atoms with Gasteiger partial charge in [-0.1, -0.05) is 0 Å². The van der Waals surface area contributed by atoms with E-state index in [2.05, 4.69) is 10.3 Å². The van der Waals surface area contributed by atoms with Crippen LogP contribution in [0.4, 0.5) is 11.4 Å². The minimum atomic E-state index is -0.569. The number of methoxy groups -OCH3 is 1. The monoisotopic (exact) mass is 348 g/mol. The lowest BCUT2D eigenvalue weighted by molar-refractivity contribution is -0.384. The first-order chi connectivity index (χ1) is 11.8. The van der Waals surface area contributed by atoms with Gasteiger partial charge in [0.2, 0.25) is 11.7 Å². The Labute approximate surface area is 141 Å². The number of nitrogens with zero attached hydrogens (tertiary/aromatic N) is 3. The number of anilines is 1. The Balaban J connectivity index is 2.27. The van der Waals surface area contributed by atoms with E-state index in [1.54, 1.807) is 4.57 Å². The van der Waals surface area contributed by atoms with Crippen molar-refractivity contribution in [2.75, 3.05) is 12.4 Å². The Hall–Kier alpha value is -3.17. The standard InChI is InChI=1S/C15H16N4O6/c1-7(20)16-10-6-9-12(13(19(22)23)14(10)24-3)18-5-4-11(15(18)17-9)25-8(2)21/h6,11H,4-5H2,1-3H3,(H,16,20). The van der Waals surface area contributed by atoms with Gasteiger partial charge in [0.25, 0.3) is 0 Å². The first-order valence-corrected chi connectivity index (χ1v) is 7.53. The summed E-state index contributed by atoms with van der Waals surface area (Å²) in [5, 5.41) is 14.2. The van der Waals surface area contributed by atoms with Gasteiger partial charge in [-0.15, -0.1) is 0 Å². The second-order valence-electron chi connectivity index (χ2n) is 5.62. The topological polar surface area (TPSA) is 126 Å². The van der Waals surface area contributed by atoms with E-state index in [4.69, 9.17) is 9.47 Å². The van der Waals surface area contributed by atoms with Crippen molar-refractivity contribution in [3.63, 3.8) is 0 Å². The number of rotatable bonds is 4. The minimum absolute atomic E-state index is 0.0497. The van der Waals surface area contributed by atoms with Gasteiger partial charge >= 0.3 is 11.7 Å². The van der Waals surface area contributed by atoms with Crippen molar-refractivity contribution in [2.24, 2.45) is 0 Å². The van der Waals surface area contributed by atoms with Crippen LogP contribution in [0.2, 0.25) is 0 Å². The molecule has 1 aromatic carbocycles. The van der Waals surface area contributed by atoms with Gasteiger partial charge in [0.15, 0.2) is 17.4 Å². The fourth-order valence-electron chi connectivity index (χ4n) is 3.09. The molecule has 1 unspecified atom stereocenters. The summed E-state index contributed by atoms with van der Waals surface area (Å²) < 4.78 is 12.1. The summed E-state index contributed by atoms with van der Waals surface area (Å²) in [4.78, 5) is 38.1. The van der Waals surface area contributed by atoms with E-state index in [9.17, 15) is 19.7 Å². The maximum atomic E-state index is 11.7. The number of carbonyl (C=O) groups is 2. The van der Waals surface area contributed by atoms with Crippen molar-refractivity contribution in [3.05, 3.63) is 22.0 Å². The molecule has 0 saturated carbocycles. The molecule has 0 aliphatic carbocycles. The number of esters is 1. The normalized spacial score (nSPS) is 15.7. The van der Waals surface area contributed by atoms with Crippen LogP contribution >= 0.6 is 0 Å². The van der Waals surface area contributed by atoms with Crippen LogP contribution in [0.3, 0.4) is 0 Å². The molecule has 0 bridgehead atoms. The van der Waals surface area contributed by atoms with Gasteiger partial charge in [-0.2, -0.15) is 0 Å². The van der Waals surface area contributed by atoms with Crippen molar-refractivity contribution in [1.82, 2.24) is 9.55 Å². The van der Waals surface area contributed by atoms with Crippen molar-refractivity contribution < 1.29 is 24.0 Å². The lowest BCUT2D eigenvalue weighted by Gasteiger charge is -2.10. The minimum Gasteiger partial charge on any atom is -0.489 e. The molecule has 25 heavy (non-hydrogen) atoms. The summed E-state index contributed by atoms with van der Waals surface area (Å²) in [7, 11) is 1.29. The zero-order valence-electron chi connectivity index (χ0n) is 13.9. The number of nitro groups is 1. The van der Waals surface area contributed by atoms with Gasteiger partial charge in [0.1, 0.15) is 0 Å². The first kappa shape index (κ1) is 16.7. The van der Waals surface area contributed by atoms with Gasteiger partial charge in [-0.05, 0) is 6.07 Å². The second kappa shape index (κ2) is 6.04. The number of ether oxygens (including phenoxy) is 2. The number of hydrogen-bond donors (Lipinski definition) is 1. The molecule has 3 rings (SSSR count). The third-order valence-corrected chi connectivity index (χ3v) is 3.90. The molecule has 0 spiro atoms. The summed E-state index contributed by atoms with van der Waals surface area (Å²) in [5.74, 6) is -0.449. The number of nitrogens with one attached hydrogen (secondary N) is 1. The molecule has 0 fully saturated rings. The summed E-state index contributed by atoms with van der Waals surface area (Å²) in [6, 6.07) is 1.51. The van der Waals surface area contributed by atoms with Crippen LogP contribution in [0, 0.1) is 10.1 Å². The fourth-order valence-corrected chi connectivity index (χ4v) is 3.09. The number of carbonyl (C=O) groups excluding carboxylic acids is 2. The summed E-state index contributed by atoms with van der Waals surface area (Å²) >= 11 is 0. The van der Waals surface area contributed by atoms with Crippen LogP contribution in [-0.2, 0) is 20.9 Å². The van der Waals surface area contributed by atoms with Crippen LogP contribution in [-0.4, -0.2) is 33.5 Å². The smallest absolute Gasteiger partial charge is 0.338 e. The second-order valence-corrected chi connectivity index (χ2v) is 5.62. The first-order valence-electron chi connectivity index (χ1n) is 7.53. The van der Waals surface area contributed by atoms with E-state index in [1.807, 2.05) is 0 Å². The highest BCUT2D eigenvalue weighted by Crippen LogP contribution is 2.44. The maximum absolute atomic E-state index is 11.7. The molecule has 1 amide bonds. The van der Waals surface area contributed by atoms with Gasteiger partial charge in [-0.25, -0.2) is 4.98 Å². The quantitative estimate of drug-likeness (QED) is 0.508. The van der Waals surface area contributed by atoms with Crippen molar-refractivity contribution >= 4 is 34.3 Å². The summed E-state index contributed by atoms with van der Waals surface area (Å²) in [5.41, 5.74) is 0.477. The third kappa shape index (κ3) is 2.75. The van der Waals surface area contributed by atoms with Crippen LogP contribution in [0.5, 0.6) is 5.75 Å². The lowest BCUT2D eigenvalue weighted by atomic mass is 10.2. The van der Waals surface area contributed by atoms with E-state index in [0.29, 0.717) is 24.3 Å². The Kier molecular flexibility index (Phi) is 4.03. The predicted octanol–water partition coefficient (Wildman–Crippen LogP) is 1.92. The van der Waals surface area contributed by atoms with Crippen LogP contribution in [0.25, 0.3) is 11.0 Å². The largest absolute Gasteiger partial charge is 0.489 e. The number of hydrogen-bond acceptors (Lipinski definition) is 7. The van der Waals surface area contributed by atoms with Gasteiger partial charge in [0.05, 0.1) is 23.2 Å². The molecule has 1 N–H and O–H groups in total. The van der Waals surface area contributed by atoms with Crippen LogP contribution in [0.15, 0.2) is 6.07 Å². The van der Waals surface area contributed by atoms with Crippen molar-refractivity contribution in [3.8, 4) is 5.75 Å². The third-order valence-electron chi connectivity index (χ3n) is 3.90. The average Bonchev–Trinajstić information content (AvgIpc) is 3.04. The molecule has 0 saturated heterocycles. The number of aryl methyl sites for hydroxylation is 1. The highest BCUT2D eigenvalue weighted by molar-refractivity contribution is 5.99. The number of nitro benzene ring substituents is 1. The van der Waals surface area contributed by atoms with Crippen molar-refractivity contribution in [2.45, 2.75) is 32.9 Å². The molecule has 132 valence electrons. The highest BCUT2D eigenvalue weighted by Gasteiger charge is 2.35. The van der Waals surface area contributed by atoms with E-state index in [1.165, 1.54) is 27.0 Å². The zero-order valence-corrected chi connectivity index (χ0v) is 13.9. The van der Waals surface area contributed by atoms with Crippen molar-refractivity contribution in [1.29, 1.82) is 0 Å². The van der Waals surface area contributed by atoms with E-state index in [-0.39, 0.29) is 22.6 Å². The SMILES string of the molecule is COc1c(NC(C)=O)cc2nc3n(c2c1[N+](=O)[O-])CCC3OC(C)=O. The highest BCUT2D eigenvalue weighted by atomic mass is 16.6. The molecule has 1 aromatic heterocycles. The average molecular weight is 348 g/mol. The van der Waals surface area contributed by atoms with Gasteiger partial charge < -0.3 is 19.4 Å². The number of benzene rings is 1. The molecular weight excluding hydrogens is 332 g/mol. The zero-order chi connectivity index (χ0) is 18.3. The number of aromatic nitrogens is 2. The Morgan fingerprint density at radius 2 is 2.16 bits per heavy atom. The maximum Gasteiger partial charge on any atom is 0.338 e. The lowest BCUT2D eigenvalue weighted by Crippen LogP contribution is -2.09. The van der Waals surface area contributed by atoms with Crippen LogP contribution < -0.4 is 10.1 Å². The predicted molar refractivity (Wildman–Crippen MR) is 86.4 cm³/mol. The molecule has 1 aliphatic rings. The molecule has 1 atom stereocenters. The van der Waals surface area contributed by atoms with Gasteiger partial charge in [-0.3, -0.25) is 19.7 Å². The summed E-state index contributed by atoms with van der Waals surface area (Å²) in [6.45, 7) is 3.01. The molecular formula is C15H16N4O6. The summed E-state index contributed by atoms with van der Waals surface area (Å²) in [6.07, 6.45) is -0.0650. The molecule has 10 heteroatoms. The molecule has 0 radical (unpaired) electrons. The molecule has 2 heterocycles. The Morgan fingerprint density at radius 3 is 2.72 bits per heavy atom. The fraction of sp³-hybridized carbons (Fsp3) is 0.400.